The average Bonchev–Trinajstić information content (AvgIpc) is 0.918. The maximum Gasteiger partial charge on any atom is 0.0209 e. The van der Waals surface area contributed by atoms with Crippen LogP contribution in [0.3, 0.4) is 0 Å². The Bertz CT molecular complexity index is 9.61. The summed E-state index contributed by atoms with van der Waals surface area (Å²) in [6.45, 7) is 0. The minimum Gasteiger partial charge on any atom is -0.0104 e. The fourth-order valence-electron chi connectivity index (χ4n) is 0. The van der Waals surface area contributed by atoms with Gasteiger partial charge in [-0.15, -0.1) is 0 Å². The first-order chi connectivity index (χ1) is 1.41. The second-order valence-corrected chi connectivity index (χ2v) is 0.0583. The minimum absolute atomic E-state index is 0. The van der Waals surface area contributed by atoms with Gasteiger partial charge in [-0.2, -0.15) is 0 Å². The van der Waals surface area contributed by atoms with E-state index in [-0.39, 0.29) is 24.5 Å². The summed E-state index contributed by atoms with van der Waals surface area (Å²) in [4.78, 5) is 0. The largest absolute Gasteiger partial charge is 0.0209 e. The van der Waals surface area contributed by atoms with E-state index in [1.807, 2.05) is 0 Å². The topological polar surface area (TPSA) is 9.23 Å². The van der Waals surface area contributed by atoms with Crippen LogP contribution in [0.25, 0.3) is 0 Å². The van der Waals surface area contributed by atoms with Gasteiger partial charge in [-0.05, 0) is 9.05 Å². The van der Waals surface area contributed by atoms with Crippen LogP contribution in [0.4, 0.5) is 9.05 Å². The molecule has 0 rings (SSSR count). The van der Waals surface area contributed by atoms with Crippen molar-refractivity contribution in [1.82, 2.24) is 0 Å². The van der Waals surface area contributed by atoms with Crippen molar-refractivity contribution in [1.29, 1.82) is 0 Å². The molecule has 0 aliphatic carbocycles. The third-order valence-electron chi connectivity index (χ3n) is 0. The third-order valence-corrected chi connectivity index (χ3v) is 0. The van der Waals surface area contributed by atoms with Gasteiger partial charge >= 0.3 is 0 Å². The third kappa shape index (κ3) is 206. The van der Waals surface area contributed by atoms with Crippen molar-refractivity contribution in [3.05, 3.63) is 7.43 Å². The van der Waals surface area contributed by atoms with Gasteiger partial charge in [0.05, 0.1) is 0 Å². The van der Waals surface area contributed by atoms with Crippen LogP contribution in [0.2, 0.25) is 0 Å². The average molecular weight is 122 g/mol. The number of hydrogen-bond acceptors (Lipinski definition) is 1. The molecule has 0 unspecified atom stereocenters. The summed E-state index contributed by atoms with van der Waals surface area (Å²) in [7, 11) is 0. The zero-order chi connectivity index (χ0) is 2.71. The van der Waals surface area contributed by atoms with Crippen molar-refractivity contribution in [2.24, 2.45) is 0 Å². The molecule has 0 aliphatic heterocycles. The van der Waals surface area contributed by atoms with Gasteiger partial charge in [-0.1, -0.05) is 0 Å². The molecule has 1 nitrogen and oxygen atoms in total. The summed E-state index contributed by atoms with van der Waals surface area (Å²) in [6.07, 6.45) is 0. The SMILES string of the molecule is FOF.[C].[Fe]. The van der Waals surface area contributed by atoms with Crippen molar-refractivity contribution in [2.45, 2.75) is 0 Å². The maximum absolute atomic E-state index is 9.12. The Morgan fingerprint density at radius 3 is 1.20 bits per heavy atom. The summed E-state index contributed by atoms with van der Waals surface area (Å²) >= 11 is 0. The molecular formula is CF2FeO. The van der Waals surface area contributed by atoms with E-state index in [0.717, 1.165) is 0 Å². The molecule has 0 heterocycles. The molecule has 0 fully saturated rings. The van der Waals surface area contributed by atoms with Gasteiger partial charge in [0.25, 0.3) is 0 Å². The molecule has 0 spiro atoms. The van der Waals surface area contributed by atoms with E-state index in [2.05, 4.69) is 0 Å². The van der Waals surface area contributed by atoms with Gasteiger partial charge in [0.15, 0.2) is 0 Å². The second-order valence-electron chi connectivity index (χ2n) is 0.0583. The quantitative estimate of drug-likeness (QED) is 0.432. The molecule has 5 heavy (non-hydrogen) atoms. The summed E-state index contributed by atoms with van der Waals surface area (Å²) in [6, 6.07) is 0. The van der Waals surface area contributed by atoms with Crippen LogP contribution in [0.15, 0.2) is 0 Å². The first-order valence-electron chi connectivity index (χ1n) is 0.309. The van der Waals surface area contributed by atoms with Gasteiger partial charge in [0, 0.05) is 29.6 Å². The van der Waals surface area contributed by atoms with Crippen molar-refractivity contribution in [3.63, 3.8) is 0 Å². The Morgan fingerprint density at radius 2 is 1.20 bits per heavy atom. The summed E-state index contributed by atoms with van der Waals surface area (Å²) in [5.41, 5.74) is 0. The first-order valence-corrected chi connectivity index (χ1v) is 0.309. The van der Waals surface area contributed by atoms with Gasteiger partial charge in [0.1, 0.15) is 0 Å². The Balaban J connectivity index is -0.0000000200. The van der Waals surface area contributed by atoms with Gasteiger partial charge in [-0.25, -0.2) is 0 Å². The van der Waals surface area contributed by atoms with Crippen LogP contribution in [0, 0.1) is 7.43 Å². The molecule has 0 aromatic carbocycles. The van der Waals surface area contributed by atoms with Gasteiger partial charge in [0.2, 0.25) is 0 Å². The second kappa shape index (κ2) is 27.0. The van der Waals surface area contributed by atoms with E-state index < -0.39 is 0 Å². The Hall–Kier alpha value is 0.339. The first kappa shape index (κ1) is 18.4. The van der Waals surface area contributed by atoms with Crippen LogP contribution in [0.1, 0.15) is 0 Å². The molecule has 0 N–H and O–H groups in total. The molecule has 0 amide bonds. The van der Waals surface area contributed by atoms with E-state index >= 15 is 0 Å². The fourth-order valence-corrected chi connectivity index (χ4v) is 0. The van der Waals surface area contributed by atoms with Gasteiger partial charge < -0.3 is 0 Å². The van der Waals surface area contributed by atoms with Crippen LogP contribution >= 0.6 is 0 Å². The zero-order valence-corrected chi connectivity index (χ0v) is 3.12. The van der Waals surface area contributed by atoms with Crippen LogP contribution in [0.5, 0.6) is 0 Å². The molecule has 4 heteroatoms. The fraction of sp³-hybridized carbons (Fsp3) is 0. The summed E-state index contributed by atoms with van der Waals surface area (Å²) in [5.74, 6) is 0. The molecule has 0 aromatic rings. The molecule has 0 bridgehead atoms. The predicted molar refractivity (Wildman–Crippen MR) is 6.54 cm³/mol. The van der Waals surface area contributed by atoms with Gasteiger partial charge in [-0.3, -0.25) is 0 Å². The molecular weight excluding hydrogens is 122 g/mol. The Morgan fingerprint density at radius 1 is 1.20 bits per heavy atom. The van der Waals surface area contributed by atoms with Crippen LogP contribution in [-0.2, 0) is 22.2 Å². The van der Waals surface area contributed by atoms with E-state index in [1.54, 1.807) is 0 Å². The van der Waals surface area contributed by atoms with Crippen LogP contribution in [-0.4, -0.2) is 0 Å². The number of hydrogen-bond donors (Lipinski definition) is 0. The molecule has 0 atom stereocenters. The minimum atomic E-state index is 0. The monoisotopic (exact) mass is 122 g/mol. The maximum atomic E-state index is 9.12. The molecule has 4 radical (unpaired) electrons. The number of rotatable bonds is 0. The smallest absolute Gasteiger partial charge is 0.0104 e. The van der Waals surface area contributed by atoms with Crippen molar-refractivity contribution >= 4 is 0 Å². The van der Waals surface area contributed by atoms with Crippen molar-refractivity contribution < 1.29 is 31.3 Å². The van der Waals surface area contributed by atoms with Crippen LogP contribution < -0.4 is 0 Å². The summed E-state index contributed by atoms with van der Waals surface area (Å²) < 4.78 is 18.2. The van der Waals surface area contributed by atoms with E-state index in [1.165, 1.54) is 5.15 Å². The molecule has 0 aliphatic rings. The van der Waals surface area contributed by atoms with E-state index in [4.69, 9.17) is 9.05 Å². The van der Waals surface area contributed by atoms with E-state index in [9.17, 15) is 0 Å². The Kier molecular flexibility index (Phi) is 99.1. The molecule has 0 saturated heterocycles. The number of halogens is 2. The normalized spacial score (nSPS) is 3.60. The van der Waals surface area contributed by atoms with Crippen molar-refractivity contribution in [3.8, 4) is 0 Å². The Labute approximate surface area is 39.6 Å². The molecule has 32 valence electrons. The van der Waals surface area contributed by atoms with E-state index in [0.29, 0.717) is 0 Å². The predicted octanol–water partition coefficient (Wildman–Crippen LogP) is 0.851. The zero-order valence-electron chi connectivity index (χ0n) is 2.02. The molecule has 0 saturated carbocycles. The standard InChI is InChI=1S/C.F2O.Fe/c;1-3-2;. The van der Waals surface area contributed by atoms with Crippen molar-refractivity contribution in [2.75, 3.05) is 0 Å². The summed E-state index contributed by atoms with van der Waals surface area (Å²) in [5, 5.41) is 1.25. The molecule has 0 aromatic heterocycles.